The van der Waals surface area contributed by atoms with E-state index >= 15 is 0 Å². The highest BCUT2D eigenvalue weighted by Gasteiger charge is 2.39. The van der Waals surface area contributed by atoms with Crippen LogP contribution in [0.3, 0.4) is 0 Å². The molecule has 1 atom stereocenters. The van der Waals surface area contributed by atoms with Gasteiger partial charge in [0.25, 0.3) is 5.70 Å². The second kappa shape index (κ2) is 6.87. The molecule has 0 aromatic heterocycles. The number of fused-ring (bicyclic) bond motifs is 1. The van der Waals surface area contributed by atoms with Gasteiger partial charge in [-0.15, -0.1) is 0 Å². The molecule has 0 fully saturated rings. The van der Waals surface area contributed by atoms with Crippen LogP contribution >= 0.6 is 0 Å². The van der Waals surface area contributed by atoms with Crippen molar-refractivity contribution in [1.82, 2.24) is 5.32 Å². The van der Waals surface area contributed by atoms with Crippen LogP contribution in [0.5, 0.6) is 0 Å². The van der Waals surface area contributed by atoms with Gasteiger partial charge in [0.2, 0.25) is 0 Å². The van der Waals surface area contributed by atoms with Crippen molar-refractivity contribution in [3.63, 3.8) is 0 Å². The van der Waals surface area contributed by atoms with Crippen LogP contribution in [0.1, 0.15) is 25.3 Å². The fraction of sp³-hybridized carbons (Fsp3) is 0.211. The normalized spacial score (nSPS) is 17.1. The summed E-state index contributed by atoms with van der Waals surface area (Å²) < 4.78 is 9.85. The molecule has 1 aliphatic rings. The van der Waals surface area contributed by atoms with Crippen LogP contribution in [-0.2, 0) is 9.47 Å². The standard InChI is InChI=1S/C19H18N2O5/c1-11-17(21(23)24)16(18(12(2)20-11)26-19(22)25-3)15-9-8-13-6-4-5-7-14(13)10-15/h4-10,16,20H,1-3H3. The molecule has 0 amide bonds. The van der Waals surface area contributed by atoms with Gasteiger partial charge < -0.3 is 14.8 Å². The summed E-state index contributed by atoms with van der Waals surface area (Å²) in [5, 5.41) is 16.6. The number of nitro groups is 1. The first-order valence-corrected chi connectivity index (χ1v) is 7.99. The van der Waals surface area contributed by atoms with Gasteiger partial charge in [0.1, 0.15) is 11.7 Å². The lowest BCUT2D eigenvalue weighted by atomic mass is 9.88. The number of hydrogen-bond acceptors (Lipinski definition) is 6. The lowest BCUT2D eigenvalue weighted by Crippen LogP contribution is -2.29. The molecule has 1 heterocycles. The van der Waals surface area contributed by atoms with Crippen LogP contribution in [-0.4, -0.2) is 18.2 Å². The molecule has 2 aromatic rings. The largest absolute Gasteiger partial charge is 0.513 e. The van der Waals surface area contributed by atoms with E-state index in [9.17, 15) is 14.9 Å². The van der Waals surface area contributed by atoms with Gasteiger partial charge in [-0.25, -0.2) is 4.79 Å². The van der Waals surface area contributed by atoms with Crippen LogP contribution in [0.15, 0.2) is 65.3 Å². The Labute approximate surface area is 150 Å². The van der Waals surface area contributed by atoms with E-state index in [0.29, 0.717) is 17.0 Å². The molecule has 0 radical (unpaired) electrons. The van der Waals surface area contributed by atoms with E-state index in [1.807, 2.05) is 42.5 Å². The van der Waals surface area contributed by atoms with Crippen LogP contribution < -0.4 is 5.32 Å². The van der Waals surface area contributed by atoms with Crippen LogP contribution in [0.25, 0.3) is 10.8 Å². The maximum absolute atomic E-state index is 11.7. The molecule has 134 valence electrons. The van der Waals surface area contributed by atoms with E-state index in [2.05, 4.69) is 10.1 Å². The highest BCUT2D eigenvalue weighted by atomic mass is 16.7. The SMILES string of the molecule is COC(=O)OC1=C(C)NC(C)=C([N+](=O)[O-])C1c1ccc2ccccc2c1. The summed E-state index contributed by atoms with van der Waals surface area (Å²) in [6, 6.07) is 13.3. The third-order valence-corrected chi connectivity index (χ3v) is 4.33. The maximum atomic E-state index is 11.7. The predicted molar refractivity (Wildman–Crippen MR) is 95.7 cm³/mol. The van der Waals surface area contributed by atoms with Gasteiger partial charge in [-0.3, -0.25) is 10.1 Å². The van der Waals surface area contributed by atoms with E-state index in [4.69, 9.17) is 4.74 Å². The lowest BCUT2D eigenvalue weighted by Gasteiger charge is -2.26. The Kier molecular flexibility index (Phi) is 4.62. The summed E-state index contributed by atoms with van der Waals surface area (Å²) >= 11 is 0. The van der Waals surface area contributed by atoms with E-state index in [1.165, 1.54) is 7.11 Å². The molecule has 1 aliphatic heterocycles. The van der Waals surface area contributed by atoms with Crippen molar-refractivity contribution >= 4 is 16.9 Å². The van der Waals surface area contributed by atoms with Gasteiger partial charge in [0, 0.05) is 0 Å². The number of carbonyl (C=O) groups excluding carboxylic acids is 1. The molecule has 0 saturated carbocycles. The van der Waals surface area contributed by atoms with Crippen molar-refractivity contribution in [2.24, 2.45) is 0 Å². The summed E-state index contributed by atoms with van der Waals surface area (Å²) in [5.74, 6) is -0.667. The van der Waals surface area contributed by atoms with Crippen molar-refractivity contribution in [2.45, 2.75) is 19.8 Å². The van der Waals surface area contributed by atoms with Crippen molar-refractivity contribution in [3.8, 4) is 0 Å². The summed E-state index contributed by atoms with van der Waals surface area (Å²) in [4.78, 5) is 23.0. The molecule has 1 unspecified atom stereocenters. The Morgan fingerprint density at radius 3 is 2.46 bits per heavy atom. The van der Waals surface area contributed by atoms with Gasteiger partial charge in [0.05, 0.1) is 23.4 Å². The maximum Gasteiger partial charge on any atom is 0.513 e. The number of dihydropyridines is 1. The van der Waals surface area contributed by atoms with E-state index < -0.39 is 17.0 Å². The van der Waals surface area contributed by atoms with Gasteiger partial charge in [-0.1, -0.05) is 36.4 Å². The van der Waals surface area contributed by atoms with E-state index in [0.717, 1.165) is 10.8 Å². The van der Waals surface area contributed by atoms with Gasteiger partial charge in [-0.2, -0.15) is 0 Å². The van der Waals surface area contributed by atoms with Crippen molar-refractivity contribution in [2.75, 3.05) is 7.11 Å². The number of hydrogen-bond donors (Lipinski definition) is 1. The lowest BCUT2D eigenvalue weighted by molar-refractivity contribution is -0.431. The fourth-order valence-electron chi connectivity index (χ4n) is 3.17. The van der Waals surface area contributed by atoms with Gasteiger partial charge in [-0.05, 0) is 36.2 Å². The van der Waals surface area contributed by atoms with E-state index in [1.54, 1.807) is 13.8 Å². The molecule has 0 spiro atoms. The number of nitrogens with one attached hydrogen (secondary N) is 1. The topological polar surface area (TPSA) is 90.7 Å². The average Bonchev–Trinajstić information content (AvgIpc) is 2.62. The molecule has 0 aliphatic carbocycles. The Morgan fingerprint density at radius 1 is 1.12 bits per heavy atom. The molecule has 2 aromatic carbocycles. The molecule has 1 N–H and O–H groups in total. The summed E-state index contributed by atoms with van der Waals surface area (Å²) in [6.07, 6.45) is -0.922. The zero-order chi connectivity index (χ0) is 18.8. The molecule has 0 bridgehead atoms. The second-order valence-electron chi connectivity index (χ2n) is 5.98. The summed E-state index contributed by atoms with van der Waals surface area (Å²) in [5.41, 5.74) is 1.53. The number of nitrogens with zero attached hydrogens (tertiary/aromatic N) is 1. The Morgan fingerprint density at radius 2 is 1.81 bits per heavy atom. The molecule has 3 rings (SSSR count). The summed E-state index contributed by atoms with van der Waals surface area (Å²) in [7, 11) is 1.19. The zero-order valence-corrected chi connectivity index (χ0v) is 14.6. The van der Waals surface area contributed by atoms with Crippen molar-refractivity contribution in [1.29, 1.82) is 0 Å². The third kappa shape index (κ3) is 3.11. The minimum absolute atomic E-state index is 0.0650. The minimum atomic E-state index is -0.922. The number of allylic oxidation sites excluding steroid dienone is 2. The number of methoxy groups -OCH3 is 1. The van der Waals surface area contributed by atoms with Crippen LogP contribution in [0, 0.1) is 10.1 Å². The number of carbonyl (C=O) groups is 1. The first-order chi connectivity index (χ1) is 12.4. The first kappa shape index (κ1) is 17.5. The number of benzene rings is 2. The molecule has 26 heavy (non-hydrogen) atoms. The Bertz CT molecular complexity index is 961. The Hall–Kier alpha value is -3.35. The first-order valence-electron chi connectivity index (χ1n) is 7.99. The smallest absolute Gasteiger partial charge is 0.437 e. The third-order valence-electron chi connectivity index (χ3n) is 4.33. The molecular formula is C19H18N2O5. The van der Waals surface area contributed by atoms with E-state index in [-0.39, 0.29) is 11.5 Å². The van der Waals surface area contributed by atoms with Crippen LogP contribution in [0.4, 0.5) is 4.79 Å². The molecular weight excluding hydrogens is 336 g/mol. The number of rotatable bonds is 3. The monoisotopic (exact) mass is 354 g/mol. The van der Waals surface area contributed by atoms with Crippen molar-refractivity contribution in [3.05, 3.63) is 81.0 Å². The molecule has 0 saturated heterocycles. The predicted octanol–water partition coefficient (Wildman–Crippen LogP) is 4.05. The highest BCUT2D eigenvalue weighted by Crippen LogP contribution is 2.39. The van der Waals surface area contributed by atoms with Gasteiger partial charge in [0.15, 0.2) is 0 Å². The fourth-order valence-corrected chi connectivity index (χ4v) is 3.17. The van der Waals surface area contributed by atoms with Crippen LogP contribution in [0.2, 0.25) is 0 Å². The Balaban J connectivity index is 2.18. The van der Waals surface area contributed by atoms with Crippen molar-refractivity contribution < 1.29 is 19.2 Å². The van der Waals surface area contributed by atoms with Gasteiger partial charge >= 0.3 is 6.16 Å². The highest BCUT2D eigenvalue weighted by molar-refractivity contribution is 5.83. The number of ether oxygens (including phenoxy) is 2. The second-order valence-corrected chi connectivity index (χ2v) is 5.98. The summed E-state index contributed by atoms with van der Waals surface area (Å²) in [6.45, 7) is 3.33. The molecule has 7 heteroatoms. The quantitative estimate of drug-likeness (QED) is 0.508. The zero-order valence-electron chi connectivity index (χ0n) is 14.6. The minimum Gasteiger partial charge on any atom is -0.437 e. The average molecular weight is 354 g/mol. The molecule has 7 nitrogen and oxygen atoms in total.